The van der Waals surface area contributed by atoms with Gasteiger partial charge >= 0.3 is 0 Å². The number of ether oxygens (including phenoxy) is 1. The van der Waals surface area contributed by atoms with Gasteiger partial charge in [0.1, 0.15) is 11.6 Å². The van der Waals surface area contributed by atoms with E-state index in [1.165, 1.54) is 0 Å². The molecule has 9 nitrogen and oxygen atoms in total. The summed E-state index contributed by atoms with van der Waals surface area (Å²) in [5.41, 5.74) is 6.36. The van der Waals surface area contributed by atoms with Crippen molar-refractivity contribution < 1.29 is 9.53 Å². The number of hydrogen-bond acceptors (Lipinski definition) is 7. The van der Waals surface area contributed by atoms with Crippen LogP contribution in [0.5, 0.6) is 0 Å². The van der Waals surface area contributed by atoms with Gasteiger partial charge < -0.3 is 20.7 Å². The molecule has 28 heavy (non-hydrogen) atoms. The van der Waals surface area contributed by atoms with Crippen LogP contribution in [0.25, 0.3) is 5.95 Å². The number of carbonyl (C=O) groups excluding carboxylic acids is 1. The number of morpholine rings is 1. The second kappa shape index (κ2) is 8.14. The van der Waals surface area contributed by atoms with Crippen molar-refractivity contribution in [2.45, 2.75) is 38.6 Å². The molecule has 1 aliphatic carbocycles. The molecule has 0 aromatic carbocycles. The minimum Gasteiger partial charge on any atom is -0.378 e. The summed E-state index contributed by atoms with van der Waals surface area (Å²) in [6, 6.07) is 4.20. The highest BCUT2D eigenvalue weighted by Crippen LogP contribution is 2.27. The minimum absolute atomic E-state index is 0.00466. The van der Waals surface area contributed by atoms with Gasteiger partial charge in [-0.15, -0.1) is 0 Å². The first-order valence-corrected chi connectivity index (χ1v) is 9.89. The zero-order chi connectivity index (χ0) is 19.5. The van der Waals surface area contributed by atoms with Crippen LogP contribution < -0.4 is 16.0 Å². The summed E-state index contributed by atoms with van der Waals surface area (Å²) in [5.74, 6) is 2.00. The van der Waals surface area contributed by atoms with E-state index in [2.05, 4.69) is 20.3 Å². The first-order valence-electron chi connectivity index (χ1n) is 9.89. The molecule has 9 heteroatoms. The smallest absolute Gasteiger partial charge is 0.254 e. The van der Waals surface area contributed by atoms with Crippen molar-refractivity contribution in [3.63, 3.8) is 0 Å². The summed E-state index contributed by atoms with van der Waals surface area (Å²) >= 11 is 0. The third-order valence-electron chi connectivity index (χ3n) is 5.44. The van der Waals surface area contributed by atoms with Crippen molar-refractivity contribution >= 4 is 17.5 Å². The summed E-state index contributed by atoms with van der Waals surface area (Å²) in [5, 5.41) is 7.99. The summed E-state index contributed by atoms with van der Waals surface area (Å²) in [6.07, 6.45) is 5.32. The number of anilines is 2. The van der Waals surface area contributed by atoms with Crippen LogP contribution in [-0.4, -0.2) is 58.0 Å². The Morgan fingerprint density at radius 3 is 2.61 bits per heavy atom. The van der Waals surface area contributed by atoms with Crippen LogP contribution >= 0.6 is 0 Å². The van der Waals surface area contributed by atoms with E-state index in [1.807, 2.05) is 25.3 Å². The monoisotopic (exact) mass is 385 g/mol. The average molecular weight is 385 g/mol. The summed E-state index contributed by atoms with van der Waals surface area (Å²) in [4.78, 5) is 23.0. The highest BCUT2D eigenvalue weighted by Gasteiger charge is 2.25. The Morgan fingerprint density at radius 2 is 1.96 bits per heavy atom. The number of hydrogen-bond donors (Lipinski definition) is 2. The fourth-order valence-corrected chi connectivity index (χ4v) is 3.81. The van der Waals surface area contributed by atoms with E-state index in [1.54, 1.807) is 4.68 Å². The molecule has 2 aliphatic rings. The van der Waals surface area contributed by atoms with Gasteiger partial charge in [-0.2, -0.15) is 15.1 Å². The number of aryl methyl sites for hydroxylation is 1. The predicted octanol–water partition coefficient (Wildman–Crippen LogP) is 1.26. The van der Waals surface area contributed by atoms with Crippen molar-refractivity contribution in [1.82, 2.24) is 19.7 Å². The molecule has 2 fully saturated rings. The number of nitrogens with one attached hydrogen (secondary N) is 1. The minimum atomic E-state index is -0.188. The van der Waals surface area contributed by atoms with E-state index >= 15 is 0 Å². The average Bonchev–Trinajstić information content (AvgIpc) is 3.15. The molecule has 0 unspecified atom stereocenters. The molecule has 2 aromatic heterocycles. The molecule has 0 bridgehead atoms. The lowest BCUT2D eigenvalue weighted by molar-refractivity contribution is -0.122. The largest absolute Gasteiger partial charge is 0.378 e. The summed E-state index contributed by atoms with van der Waals surface area (Å²) in [7, 11) is 0. The van der Waals surface area contributed by atoms with E-state index in [0.29, 0.717) is 19.2 Å². The van der Waals surface area contributed by atoms with Crippen LogP contribution in [0.3, 0.4) is 0 Å². The molecule has 150 valence electrons. The number of nitrogens with two attached hydrogens (primary N) is 1. The molecule has 1 amide bonds. The fourth-order valence-electron chi connectivity index (χ4n) is 3.81. The van der Waals surface area contributed by atoms with E-state index in [-0.39, 0.29) is 17.9 Å². The first-order chi connectivity index (χ1) is 13.6. The molecule has 2 aromatic rings. The summed E-state index contributed by atoms with van der Waals surface area (Å²) in [6.45, 7) is 4.94. The van der Waals surface area contributed by atoms with Crippen LogP contribution in [0.1, 0.15) is 31.4 Å². The number of amides is 1. The van der Waals surface area contributed by atoms with Gasteiger partial charge in [0.2, 0.25) is 5.91 Å². The van der Waals surface area contributed by atoms with Crippen molar-refractivity contribution in [3.8, 4) is 5.95 Å². The number of carbonyl (C=O) groups is 1. The van der Waals surface area contributed by atoms with Crippen LogP contribution in [0.4, 0.5) is 11.6 Å². The van der Waals surface area contributed by atoms with Gasteiger partial charge in [0, 0.05) is 37.3 Å². The zero-order valence-corrected chi connectivity index (χ0v) is 16.2. The van der Waals surface area contributed by atoms with Gasteiger partial charge in [-0.05, 0) is 38.7 Å². The first kappa shape index (κ1) is 18.7. The van der Waals surface area contributed by atoms with Crippen molar-refractivity contribution in [1.29, 1.82) is 0 Å². The maximum absolute atomic E-state index is 11.4. The third-order valence-corrected chi connectivity index (χ3v) is 5.44. The number of primary amides is 1. The Labute approximate surface area is 164 Å². The van der Waals surface area contributed by atoms with Gasteiger partial charge in [-0.25, -0.2) is 4.68 Å². The van der Waals surface area contributed by atoms with Crippen molar-refractivity contribution in [2.24, 2.45) is 11.7 Å². The molecule has 3 heterocycles. The van der Waals surface area contributed by atoms with Crippen molar-refractivity contribution in [3.05, 3.63) is 24.0 Å². The molecule has 1 saturated carbocycles. The highest BCUT2D eigenvalue weighted by molar-refractivity contribution is 5.76. The highest BCUT2D eigenvalue weighted by atomic mass is 16.5. The lowest BCUT2D eigenvalue weighted by Gasteiger charge is -2.30. The van der Waals surface area contributed by atoms with Gasteiger partial charge in [-0.3, -0.25) is 4.79 Å². The number of rotatable bonds is 5. The Balaban J connectivity index is 1.56. The fraction of sp³-hybridized carbons (Fsp3) is 0.579. The van der Waals surface area contributed by atoms with Crippen molar-refractivity contribution in [2.75, 3.05) is 36.5 Å². The standard InChI is InChI=1S/C19H27N7O2/c1-13-6-7-26(24-13)19-22-16(12-17(23-19)25-8-10-28-11-9-25)21-15-4-2-14(3-5-15)18(20)27/h6-7,12,14-15H,2-5,8-11H2,1H3,(H2,20,27)(H,21,22,23)/t14-,15-. The van der Waals surface area contributed by atoms with Gasteiger partial charge in [0.15, 0.2) is 0 Å². The number of nitrogens with zero attached hydrogens (tertiary/aromatic N) is 5. The van der Waals surface area contributed by atoms with Crippen LogP contribution in [0, 0.1) is 12.8 Å². The maximum Gasteiger partial charge on any atom is 0.254 e. The topological polar surface area (TPSA) is 111 Å². The second-order valence-corrected chi connectivity index (χ2v) is 7.51. The molecule has 1 saturated heterocycles. The SMILES string of the molecule is Cc1ccn(-c2nc(N[C@H]3CC[C@H](C(N)=O)CC3)cc(N3CCOCC3)n2)n1. The van der Waals surface area contributed by atoms with Gasteiger partial charge in [0.25, 0.3) is 5.95 Å². The number of aromatic nitrogens is 4. The summed E-state index contributed by atoms with van der Waals surface area (Å²) < 4.78 is 7.17. The van der Waals surface area contributed by atoms with Crippen LogP contribution in [0.15, 0.2) is 18.3 Å². The zero-order valence-electron chi connectivity index (χ0n) is 16.2. The Kier molecular flexibility index (Phi) is 5.43. The lowest BCUT2D eigenvalue weighted by Crippen LogP contribution is -2.37. The maximum atomic E-state index is 11.4. The third kappa shape index (κ3) is 4.24. The molecule has 0 spiro atoms. The quantitative estimate of drug-likeness (QED) is 0.797. The second-order valence-electron chi connectivity index (χ2n) is 7.51. The van der Waals surface area contributed by atoms with Gasteiger partial charge in [-0.1, -0.05) is 0 Å². The van der Waals surface area contributed by atoms with E-state index < -0.39 is 0 Å². The normalized spacial score (nSPS) is 22.8. The molecule has 0 radical (unpaired) electrons. The predicted molar refractivity (Wildman–Crippen MR) is 105 cm³/mol. The van der Waals surface area contributed by atoms with Gasteiger partial charge in [0.05, 0.1) is 18.9 Å². The Hall–Kier alpha value is -2.68. The van der Waals surface area contributed by atoms with Crippen LogP contribution in [-0.2, 0) is 9.53 Å². The van der Waals surface area contributed by atoms with E-state index in [4.69, 9.17) is 15.5 Å². The molecular weight excluding hydrogens is 358 g/mol. The molecular formula is C19H27N7O2. The van der Waals surface area contributed by atoms with E-state index in [9.17, 15) is 4.79 Å². The van der Waals surface area contributed by atoms with E-state index in [0.717, 1.165) is 56.1 Å². The molecule has 1 aliphatic heterocycles. The molecule has 3 N–H and O–H groups in total. The molecule has 0 atom stereocenters. The Morgan fingerprint density at radius 1 is 1.21 bits per heavy atom. The molecule has 4 rings (SSSR count). The lowest BCUT2D eigenvalue weighted by atomic mass is 9.85. The van der Waals surface area contributed by atoms with Crippen LogP contribution in [0.2, 0.25) is 0 Å². The Bertz CT molecular complexity index is 823.